The Labute approximate surface area is 187 Å². The Morgan fingerprint density at radius 2 is 1.78 bits per heavy atom. The summed E-state index contributed by atoms with van der Waals surface area (Å²) in [6.45, 7) is 6.67. The lowest BCUT2D eigenvalue weighted by molar-refractivity contribution is 0.0301. The van der Waals surface area contributed by atoms with E-state index in [9.17, 15) is 9.59 Å². The van der Waals surface area contributed by atoms with Crippen molar-refractivity contribution in [1.82, 2.24) is 4.90 Å². The topological polar surface area (TPSA) is 77.4 Å². The highest BCUT2D eigenvalue weighted by atomic mass is 16.6. The fourth-order valence-electron chi connectivity index (χ4n) is 3.65. The van der Waals surface area contributed by atoms with Crippen LogP contribution in [0.3, 0.4) is 0 Å². The van der Waals surface area contributed by atoms with Crippen LogP contribution in [0.25, 0.3) is 5.57 Å². The molecular formula is C25H26N2O5. The van der Waals surface area contributed by atoms with Gasteiger partial charge in [-0.3, -0.25) is 9.69 Å². The minimum absolute atomic E-state index is 0.263. The van der Waals surface area contributed by atoms with Crippen LogP contribution in [0.2, 0.25) is 0 Å². The Bertz CT molecular complexity index is 1110. The smallest absolute Gasteiger partial charge is 0.410 e. The van der Waals surface area contributed by atoms with Crippen LogP contribution in [0, 0.1) is 0 Å². The molecule has 0 spiro atoms. The quantitative estimate of drug-likeness (QED) is 0.699. The van der Waals surface area contributed by atoms with E-state index in [-0.39, 0.29) is 18.6 Å². The standard InChI is InChI=1S/C25H26N2O5/c1-25(2,3)32-24(29)27-13-18(22(14-27)16-5-8-19(30-4)9-6-16)15-31-20-10-7-17-12-26-23(28)21(17)11-20/h5-12H,13-15H2,1-4H3. The molecule has 0 saturated carbocycles. The molecule has 7 heteroatoms. The van der Waals surface area contributed by atoms with Gasteiger partial charge in [-0.05, 0) is 67.8 Å². The van der Waals surface area contributed by atoms with Crippen LogP contribution in [-0.4, -0.2) is 55.5 Å². The van der Waals surface area contributed by atoms with Crippen LogP contribution in [0.5, 0.6) is 11.5 Å². The molecule has 2 heterocycles. The molecule has 0 atom stereocenters. The number of hydrogen-bond donors (Lipinski definition) is 0. The molecule has 0 aromatic heterocycles. The molecule has 0 radical (unpaired) electrons. The van der Waals surface area contributed by atoms with Gasteiger partial charge in [0.2, 0.25) is 0 Å². The molecule has 0 N–H and O–H groups in total. The van der Waals surface area contributed by atoms with Crippen molar-refractivity contribution in [3.63, 3.8) is 0 Å². The summed E-state index contributed by atoms with van der Waals surface area (Å²) in [7, 11) is 1.62. The van der Waals surface area contributed by atoms with E-state index >= 15 is 0 Å². The maximum Gasteiger partial charge on any atom is 0.410 e. The van der Waals surface area contributed by atoms with Gasteiger partial charge >= 0.3 is 6.09 Å². The third-order valence-electron chi connectivity index (χ3n) is 5.24. The van der Waals surface area contributed by atoms with Crippen molar-refractivity contribution in [3.8, 4) is 11.5 Å². The molecule has 7 nitrogen and oxygen atoms in total. The molecule has 0 fully saturated rings. The van der Waals surface area contributed by atoms with Crippen LogP contribution in [0.15, 0.2) is 53.0 Å². The van der Waals surface area contributed by atoms with Gasteiger partial charge in [0.15, 0.2) is 0 Å². The van der Waals surface area contributed by atoms with Crippen molar-refractivity contribution >= 4 is 23.8 Å². The van der Waals surface area contributed by atoms with Crippen molar-refractivity contribution < 1.29 is 23.8 Å². The van der Waals surface area contributed by atoms with Crippen molar-refractivity contribution in [2.75, 3.05) is 26.8 Å². The third-order valence-corrected chi connectivity index (χ3v) is 5.24. The van der Waals surface area contributed by atoms with Crippen molar-refractivity contribution in [1.29, 1.82) is 0 Å². The Hall–Kier alpha value is -3.61. The molecule has 0 bridgehead atoms. The minimum Gasteiger partial charge on any atom is -0.497 e. The summed E-state index contributed by atoms with van der Waals surface area (Å²) in [4.78, 5) is 30.0. The lowest BCUT2D eigenvalue weighted by Crippen LogP contribution is -2.36. The minimum atomic E-state index is -0.574. The number of hydrogen-bond acceptors (Lipinski definition) is 5. The molecule has 0 aliphatic carbocycles. The van der Waals surface area contributed by atoms with Gasteiger partial charge in [0.1, 0.15) is 23.7 Å². The number of nitrogens with zero attached hydrogens (tertiary/aromatic N) is 2. The van der Waals surface area contributed by atoms with Gasteiger partial charge in [-0.1, -0.05) is 12.1 Å². The second-order valence-electron chi connectivity index (χ2n) is 8.75. The highest BCUT2D eigenvalue weighted by Gasteiger charge is 2.30. The number of carbonyl (C=O) groups is 2. The fourth-order valence-corrected chi connectivity index (χ4v) is 3.65. The Morgan fingerprint density at radius 3 is 2.47 bits per heavy atom. The van der Waals surface area contributed by atoms with Gasteiger partial charge in [-0.15, -0.1) is 0 Å². The van der Waals surface area contributed by atoms with Gasteiger partial charge in [-0.2, -0.15) is 0 Å². The highest BCUT2D eigenvalue weighted by Crippen LogP contribution is 2.30. The van der Waals surface area contributed by atoms with Crippen molar-refractivity contribution in [3.05, 3.63) is 64.7 Å². The zero-order valence-corrected chi connectivity index (χ0v) is 18.7. The normalized spacial score (nSPS) is 15.2. The fraction of sp³-hybridized carbons (Fsp3) is 0.320. The third kappa shape index (κ3) is 4.66. The maximum absolute atomic E-state index is 12.7. The molecule has 2 aromatic carbocycles. The van der Waals surface area contributed by atoms with E-state index in [2.05, 4.69) is 4.99 Å². The summed E-state index contributed by atoms with van der Waals surface area (Å²) in [6, 6.07) is 13.1. The van der Waals surface area contributed by atoms with E-state index in [4.69, 9.17) is 14.2 Å². The number of benzene rings is 2. The van der Waals surface area contributed by atoms with Crippen molar-refractivity contribution in [2.45, 2.75) is 26.4 Å². The van der Waals surface area contributed by atoms with Gasteiger partial charge in [0.25, 0.3) is 5.91 Å². The average molecular weight is 434 g/mol. The summed E-state index contributed by atoms with van der Waals surface area (Å²) in [5.41, 5.74) is 3.73. The summed E-state index contributed by atoms with van der Waals surface area (Å²) in [6.07, 6.45) is 1.19. The SMILES string of the molecule is COc1ccc(C2=C(COc3ccc4c(c3)C(=O)N=C4)CN(C(=O)OC(C)(C)C)C2)cc1. The van der Waals surface area contributed by atoms with Gasteiger partial charge in [0.05, 0.1) is 19.2 Å². The Balaban J connectivity index is 1.55. The Morgan fingerprint density at radius 1 is 1.06 bits per heavy atom. The summed E-state index contributed by atoms with van der Waals surface area (Å²) < 4.78 is 16.8. The first-order valence-electron chi connectivity index (χ1n) is 10.4. The first-order valence-corrected chi connectivity index (χ1v) is 10.4. The monoisotopic (exact) mass is 434 g/mol. The van der Waals surface area contributed by atoms with E-state index in [1.54, 1.807) is 24.3 Å². The first kappa shape index (κ1) is 21.6. The number of carbonyl (C=O) groups excluding carboxylic acids is 2. The molecule has 32 heavy (non-hydrogen) atoms. The average Bonchev–Trinajstić information content (AvgIpc) is 3.35. The van der Waals surface area contributed by atoms with Gasteiger partial charge in [-0.25, -0.2) is 9.79 Å². The van der Waals surface area contributed by atoms with Gasteiger partial charge in [0, 0.05) is 18.3 Å². The molecule has 4 rings (SSSR count). The Kier molecular flexibility index (Phi) is 5.74. The van der Waals surface area contributed by atoms with E-state index in [0.29, 0.717) is 24.4 Å². The molecule has 2 aromatic rings. The van der Waals surface area contributed by atoms with Crippen LogP contribution >= 0.6 is 0 Å². The lowest BCUT2D eigenvalue weighted by Gasteiger charge is -2.24. The number of ether oxygens (including phenoxy) is 3. The van der Waals surface area contributed by atoms with E-state index in [1.807, 2.05) is 57.2 Å². The van der Waals surface area contributed by atoms with Crippen LogP contribution < -0.4 is 9.47 Å². The first-order chi connectivity index (χ1) is 15.2. The molecule has 2 amide bonds. The predicted molar refractivity (Wildman–Crippen MR) is 122 cm³/mol. The number of fused-ring (bicyclic) bond motifs is 1. The van der Waals surface area contributed by atoms with E-state index in [1.165, 1.54) is 0 Å². The second-order valence-corrected chi connectivity index (χ2v) is 8.75. The van der Waals surface area contributed by atoms with E-state index in [0.717, 1.165) is 28.0 Å². The summed E-state index contributed by atoms with van der Waals surface area (Å²) in [5, 5.41) is 0. The van der Waals surface area contributed by atoms with Crippen LogP contribution in [0.4, 0.5) is 4.79 Å². The molecule has 0 unspecified atom stereocenters. The molecule has 0 saturated heterocycles. The predicted octanol–water partition coefficient (Wildman–Crippen LogP) is 4.35. The number of methoxy groups -OCH3 is 1. The molecule has 2 aliphatic heterocycles. The lowest BCUT2D eigenvalue weighted by atomic mass is 10.0. The summed E-state index contributed by atoms with van der Waals surface area (Å²) >= 11 is 0. The molecule has 2 aliphatic rings. The second kappa shape index (κ2) is 8.49. The van der Waals surface area contributed by atoms with Crippen LogP contribution in [-0.2, 0) is 4.74 Å². The van der Waals surface area contributed by atoms with Crippen molar-refractivity contribution in [2.24, 2.45) is 4.99 Å². The maximum atomic E-state index is 12.7. The summed E-state index contributed by atoms with van der Waals surface area (Å²) in [5.74, 6) is 1.08. The van der Waals surface area contributed by atoms with Gasteiger partial charge < -0.3 is 14.2 Å². The zero-order valence-electron chi connectivity index (χ0n) is 18.7. The van der Waals surface area contributed by atoms with Crippen LogP contribution in [0.1, 0.15) is 42.3 Å². The molecule has 166 valence electrons. The zero-order chi connectivity index (χ0) is 22.9. The van der Waals surface area contributed by atoms with E-state index < -0.39 is 5.60 Å². The number of amides is 2. The largest absolute Gasteiger partial charge is 0.497 e. The number of rotatable bonds is 5. The highest BCUT2D eigenvalue weighted by molar-refractivity contribution is 6.13. The molecular weight excluding hydrogens is 408 g/mol. The number of aliphatic imine (C=N–C) groups is 1.